The van der Waals surface area contributed by atoms with Crippen LogP contribution in [0.1, 0.15) is 31.1 Å². The molecule has 1 heterocycles. The van der Waals surface area contributed by atoms with Crippen molar-refractivity contribution in [1.82, 2.24) is 9.78 Å². The van der Waals surface area contributed by atoms with Gasteiger partial charge in [-0.2, -0.15) is 5.10 Å². The average Bonchev–Trinajstić information content (AvgIpc) is 2.60. The van der Waals surface area contributed by atoms with E-state index < -0.39 is 0 Å². The second-order valence-corrected chi connectivity index (χ2v) is 4.43. The highest BCUT2D eigenvalue weighted by atomic mass is 16.3. The van der Waals surface area contributed by atoms with Crippen LogP contribution in [0, 0.1) is 6.92 Å². The smallest absolute Gasteiger partial charge is 0.0955 e. The number of rotatable bonds is 3. The first-order valence-corrected chi connectivity index (χ1v) is 5.72. The molecule has 0 amide bonds. The molecule has 0 radical (unpaired) electrons. The Morgan fingerprint density at radius 2 is 2.12 bits per heavy atom. The van der Waals surface area contributed by atoms with E-state index in [9.17, 15) is 0 Å². The number of aromatic nitrogens is 2. The number of benzene rings is 1. The molecule has 0 unspecified atom stereocenters. The van der Waals surface area contributed by atoms with Gasteiger partial charge in [-0.1, -0.05) is 18.2 Å². The van der Waals surface area contributed by atoms with Gasteiger partial charge in [-0.3, -0.25) is 4.68 Å². The Morgan fingerprint density at radius 3 is 2.75 bits per heavy atom. The Labute approximate surface area is 95.7 Å². The third kappa shape index (κ3) is 1.71. The molecule has 86 valence electrons. The number of hydrogen-bond donors (Lipinski definition) is 1. The van der Waals surface area contributed by atoms with Crippen molar-refractivity contribution < 1.29 is 5.11 Å². The molecule has 0 aliphatic heterocycles. The Balaban J connectivity index is 2.70. The predicted octanol–water partition coefficient (Wildman–Crippen LogP) is 2.46. The molecule has 1 aromatic heterocycles. The topological polar surface area (TPSA) is 38.0 Å². The van der Waals surface area contributed by atoms with Crippen molar-refractivity contribution in [3.63, 3.8) is 0 Å². The quantitative estimate of drug-likeness (QED) is 0.859. The van der Waals surface area contributed by atoms with Crippen LogP contribution in [0.25, 0.3) is 10.9 Å². The monoisotopic (exact) mass is 218 g/mol. The van der Waals surface area contributed by atoms with Crippen LogP contribution in [0.3, 0.4) is 0 Å². The standard InChI is InChI=1S/C13H18N2O/c1-9(2)15-12(7-8-16)11-6-4-5-10(3)13(11)14-15/h4-6,9,16H,7-8H2,1-3H3. The average molecular weight is 218 g/mol. The van der Waals surface area contributed by atoms with Crippen LogP contribution in [0.5, 0.6) is 0 Å². The lowest BCUT2D eigenvalue weighted by atomic mass is 10.1. The maximum atomic E-state index is 9.13. The molecular formula is C13H18N2O. The first kappa shape index (κ1) is 11.1. The van der Waals surface area contributed by atoms with Crippen molar-refractivity contribution in [3.8, 4) is 0 Å². The summed E-state index contributed by atoms with van der Waals surface area (Å²) in [5, 5.41) is 14.9. The minimum absolute atomic E-state index is 0.168. The molecule has 3 heteroatoms. The minimum atomic E-state index is 0.168. The van der Waals surface area contributed by atoms with Crippen molar-refractivity contribution in [2.75, 3.05) is 6.61 Å². The molecule has 0 saturated carbocycles. The summed E-state index contributed by atoms with van der Waals surface area (Å²) in [5.41, 5.74) is 3.38. The molecular weight excluding hydrogens is 200 g/mol. The second kappa shape index (κ2) is 4.26. The summed E-state index contributed by atoms with van der Waals surface area (Å²) >= 11 is 0. The van der Waals surface area contributed by atoms with Crippen molar-refractivity contribution in [1.29, 1.82) is 0 Å². The van der Waals surface area contributed by atoms with Gasteiger partial charge >= 0.3 is 0 Å². The Hall–Kier alpha value is -1.35. The molecule has 0 spiro atoms. The van der Waals surface area contributed by atoms with Crippen molar-refractivity contribution in [3.05, 3.63) is 29.5 Å². The van der Waals surface area contributed by atoms with E-state index in [2.05, 4.69) is 38.0 Å². The molecule has 0 aliphatic carbocycles. The van der Waals surface area contributed by atoms with E-state index in [1.165, 1.54) is 10.9 Å². The highest BCUT2D eigenvalue weighted by molar-refractivity contribution is 5.84. The predicted molar refractivity (Wildman–Crippen MR) is 65.6 cm³/mol. The molecule has 0 atom stereocenters. The van der Waals surface area contributed by atoms with Crippen LogP contribution in [0.15, 0.2) is 18.2 Å². The van der Waals surface area contributed by atoms with Gasteiger partial charge in [0.2, 0.25) is 0 Å². The highest BCUT2D eigenvalue weighted by Gasteiger charge is 2.13. The number of aryl methyl sites for hydroxylation is 1. The zero-order chi connectivity index (χ0) is 11.7. The maximum Gasteiger partial charge on any atom is 0.0955 e. The third-order valence-corrected chi connectivity index (χ3v) is 2.87. The molecule has 0 saturated heterocycles. The minimum Gasteiger partial charge on any atom is -0.396 e. The van der Waals surface area contributed by atoms with Gasteiger partial charge in [0, 0.05) is 30.1 Å². The van der Waals surface area contributed by atoms with Gasteiger partial charge in [-0.05, 0) is 26.3 Å². The lowest BCUT2D eigenvalue weighted by Crippen LogP contribution is -2.08. The summed E-state index contributed by atoms with van der Waals surface area (Å²) in [6, 6.07) is 6.53. The fraction of sp³-hybridized carbons (Fsp3) is 0.462. The van der Waals surface area contributed by atoms with E-state index in [-0.39, 0.29) is 6.61 Å². The van der Waals surface area contributed by atoms with E-state index in [0.717, 1.165) is 11.2 Å². The molecule has 0 bridgehead atoms. The molecule has 0 fully saturated rings. The van der Waals surface area contributed by atoms with Crippen LogP contribution in [0.4, 0.5) is 0 Å². The number of nitrogens with zero attached hydrogens (tertiary/aromatic N) is 2. The van der Waals surface area contributed by atoms with E-state index in [4.69, 9.17) is 5.11 Å². The molecule has 2 rings (SSSR count). The van der Waals surface area contributed by atoms with Gasteiger partial charge in [0.25, 0.3) is 0 Å². The molecule has 3 nitrogen and oxygen atoms in total. The zero-order valence-corrected chi connectivity index (χ0v) is 10.1. The van der Waals surface area contributed by atoms with Crippen molar-refractivity contribution in [2.45, 2.75) is 33.2 Å². The first-order chi connectivity index (χ1) is 7.65. The third-order valence-electron chi connectivity index (χ3n) is 2.87. The fourth-order valence-corrected chi connectivity index (χ4v) is 2.10. The summed E-state index contributed by atoms with van der Waals surface area (Å²) in [4.78, 5) is 0. The maximum absolute atomic E-state index is 9.13. The molecule has 16 heavy (non-hydrogen) atoms. The number of aliphatic hydroxyl groups is 1. The Kier molecular flexibility index (Phi) is 2.97. The summed E-state index contributed by atoms with van der Waals surface area (Å²) in [5.74, 6) is 0. The fourth-order valence-electron chi connectivity index (χ4n) is 2.10. The number of aliphatic hydroxyl groups excluding tert-OH is 1. The first-order valence-electron chi connectivity index (χ1n) is 5.72. The Bertz CT molecular complexity index is 500. The van der Waals surface area contributed by atoms with E-state index in [0.29, 0.717) is 12.5 Å². The summed E-state index contributed by atoms with van der Waals surface area (Å²) in [6.45, 7) is 6.47. The van der Waals surface area contributed by atoms with Gasteiger partial charge in [0.05, 0.1) is 5.52 Å². The van der Waals surface area contributed by atoms with Gasteiger partial charge in [0.15, 0.2) is 0 Å². The van der Waals surface area contributed by atoms with E-state index in [1.54, 1.807) is 0 Å². The van der Waals surface area contributed by atoms with Gasteiger partial charge in [-0.25, -0.2) is 0 Å². The molecule has 1 N–H and O–H groups in total. The highest BCUT2D eigenvalue weighted by Crippen LogP contribution is 2.24. The van der Waals surface area contributed by atoms with Crippen molar-refractivity contribution >= 4 is 10.9 Å². The molecule has 1 aromatic carbocycles. The van der Waals surface area contributed by atoms with Crippen molar-refractivity contribution in [2.24, 2.45) is 0 Å². The zero-order valence-electron chi connectivity index (χ0n) is 10.1. The largest absolute Gasteiger partial charge is 0.396 e. The summed E-state index contributed by atoms with van der Waals surface area (Å²) < 4.78 is 2.02. The lowest BCUT2D eigenvalue weighted by molar-refractivity contribution is 0.294. The van der Waals surface area contributed by atoms with E-state index >= 15 is 0 Å². The van der Waals surface area contributed by atoms with Gasteiger partial charge in [-0.15, -0.1) is 0 Å². The Morgan fingerprint density at radius 1 is 1.38 bits per heavy atom. The second-order valence-electron chi connectivity index (χ2n) is 4.43. The summed E-state index contributed by atoms with van der Waals surface area (Å²) in [6.07, 6.45) is 0.665. The lowest BCUT2D eigenvalue weighted by Gasteiger charge is -2.09. The van der Waals surface area contributed by atoms with Crippen LogP contribution >= 0.6 is 0 Å². The SMILES string of the molecule is Cc1cccc2c(CCO)n(C(C)C)nc12. The van der Waals surface area contributed by atoms with Gasteiger partial charge < -0.3 is 5.11 Å². The molecule has 0 aliphatic rings. The number of hydrogen-bond acceptors (Lipinski definition) is 2. The van der Waals surface area contributed by atoms with Crippen LogP contribution in [0.2, 0.25) is 0 Å². The van der Waals surface area contributed by atoms with Crippen LogP contribution in [-0.4, -0.2) is 21.5 Å². The molecule has 2 aromatic rings. The summed E-state index contributed by atoms with van der Waals surface area (Å²) in [7, 11) is 0. The van der Waals surface area contributed by atoms with E-state index in [1.807, 2.05) is 10.7 Å². The van der Waals surface area contributed by atoms with Crippen LogP contribution < -0.4 is 0 Å². The number of fused-ring (bicyclic) bond motifs is 1. The van der Waals surface area contributed by atoms with Crippen LogP contribution in [-0.2, 0) is 6.42 Å². The normalized spacial score (nSPS) is 11.6. The van der Waals surface area contributed by atoms with Gasteiger partial charge in [0.1, 0.15) is 0 Å².